The summed E-state index contributed by atoms with van der Waals surface area (Å²) < 4.78 is 4.79. The van der Waals surface area contributed by atoms with Crippen LogP contribution >= 0.6 is 12.4 Å². The highest BCUT2D eigenvalue weighted by Gasteiger charge is 2.54. The summed E-state index contributed by atoms with van der Waals surface area (Å²) in [6, 6.07) is 0.0921. The molecule has 0 radical (unpaired) electrons. The quantitative estimate of drug-likeness (QED) is 0.649. The molecule has 3 N–H and O–H groups in total. The lowest BCUT2D eigenvalue weighted by Crippen LogP contribution is -2.68. The van der Waals surface area contributed by atoms with E-state index >= 15 is 0 Å². The van der Waals surface area contributed by atoms with Gasteiger partial charge in [-0.25, -0.2) is 0 Å². The predicted octanol–water partition coefficient (Wildman–Crippen LogP) is 0.0509. The molecule has 1 saturated heterocycles. The van der Waals surface area contributed by atoms with E-state index in [-0.39, 0.29) is 48.2 Å². The molecule has 1 aromatic heterocycles. The zero-order chi connectivity index (χ0) is 18.3. The number of aliphatic hydroxyl groups excluding tert-OH is 1. The van der Waals surface area contributed by atoms with Gasteiger partial charge in [0.05, 0.1) is 12.8 Å². The van der Waals surface area contributed by atoms with Crippen molar-refractivity contribution < 1.29 is 19.4 Å². The highest BCUT2D eigenvalue weighted by Crippen LogP contribution is 2.49. The molecule has 1 saturated carbocycles. The molecule has 8 nitrogen and oxygen atoms in total. The second-order valence-corrected chi connectivity index (χ2v) is 8.09. The highest BCUT2D eigenvalue weighted by molar-refractivity contribution is 5.85. The molecule has 9 heteroatoms. The number of aromatic nitrogens is 2. The van der Waals surface area contributed by atoms with Crippen molar-refractivity contribution in [2.24, 2.45) is 11.3 Å². The van der Waals surface area contributed by atoms with E-state index < -0.39 is 6.10 Å². The summed E-state index contributed by atoms with van der Waals surface area (Å²) in [5, 5.41) is 19.5. The lowest BCUT2D eigenvalue weighted by molar-refractivity contribution is -0.158. The van der Waals surface area contributed by atoms with Gasteiger partial charge in [-0.2, -0.15) is 5.10 Å². The Morgan fingerprint density at radius 2 is 2.22 bits per heavy atom. The maximum absolute atomic E-state index is 12.7. The predicted molar refractivity (Wildman–Crippen MR) is 99.4 cm³/mol. The van der Waals surface area contributed by atoms with Gasteiger partial charge >= 0.3 is 0 Å². The Bertz CT molecular complexity index is 695. The number of amides is 2. The molecule has 1 aliphatic heterocycles. The summed E-state index contributed by atoms with van der Waals surface area (Å²) in [5.74, 6) is -0.0558. The number of methoxy groups -OCH3 is 1. The van der Waals surface area contributed by atoms with Crippen LogP contribution in [0.2, 0.25) is 0 Å². The molecule has 2 atom stereocenters. The first-order chi connectivity index (χ1) is 12.5. The Balaban J connectivity index is 0.00000210. The van der Waals surface area contributed by atoms with Crippen molar-refractivity contribution in [2.45, 2.75) is 44.2 Å². The minimum Gasteiger partial charge on any atom is -0.381 e. The van der Waals surface area contributed by atoms with Crippen LogP contribution in [0.3, 0.4) is 0 Å². The average Bonchev–Trinajstić information content (AvgIpc) is 3.02. The zero-order valence-corrected chi connectivity index (χ0v) is 16.3. The van der Waals surface area contributed by atoms with Crippen LogP contribution in [0.1, 0.15) is 30.5 Å². The number of hydrogen-bond acceptors (Lipinski definition) is 5. The molecule has 1 spiro atoms. The average molecular weight is 399 g/mol. The molecule has 150 valence electrons. The number of carbonyl (C=O) groups is 2. The zero-order valence-electron chi connectivity index (χ0n) is 15.4. The van der Waals surface area contributed by atoms with Gasteiger partial charge in [0.2, 0.25) is 5.91 Å². The van der Waals surface area contributed by atoms with E-state index in [2.05, 4.69) is 15.5 Å². The number of nitrogens with one attached hydrogen (secondary N) is 2. The first-order valence-electron chi connectivity index (χ1n) is 9.27. The second kappa shape index (κ2) is 7.77. The molecular weight excluding hydrogens is 372 g/mol. The Morgan fingerprint density at radius 3 is 2.93 bits per heavy atom. The number of aromatic amines is 1. The van der Waals surface area contributed by atoms with Gasteiger partial charge in [-0.3, -0.25) is 14.7 Å². The number of halogens is 1. The van der Waals surface area contributed by atoms with Crippen LogP contribution in [0.25, 0.3) is 0 Å². The van der Waals surface area contributed by atoms with Crippen molar-refractivity contribution in [2.75, 3.05) is 26.8 Å². The smallest absolute Gasteiger partial charge is 0.251 e. The summed E-state index contributed by atoms with van der Waals surface area (Å²) in [6.45, 7) is 1.58. The maximum Gasteiger partial charge on any atom is 0.251 e. The van der Waals surface area contributed by atoms with Crippen molar-refractivity contribution in [1.29, 1.82) is 0 Å². The molecule has 0 bridgehead atoms. The van der Waals surface area contributed by atoms with E-state index in [1.165, 1.54) is 18.4 Å². The number of fused-ring (bicyclic) bond motifs is 1. The van der Waals surface area contributed by atoms with Gasteiger partial charge in [0.25, 0.3) is 5.91 Å². The summed E-state index contributed by atoms with van der Waals surface area (Å²) in [4.78, 5) is 26.5. The third kappa shape index (κ3) is 3.83. The van der Waals surface area contributed by atoms with Gasteiger partial charge in [0, 0.05) is 43.3 Å². The Kier molecular flexibility index (Phi) is 5.79. The van der Waals surface area contributed by atoms with Gasteiger partial charge in [0.15, 0.2) is 6.10 Å². The SMILES string of the molecule is COCC(O)C(=O)NC1CC2(C1)CN(C(=O)C1CCc3[nH]ncc3C1)C2.Cl. The van der Waals surface area contributed by atoms with Gasteiger partial charge in [0.1, 0.15) is 0 Å². The van der Waals surface area contributed by atoms with Crippen molar-refractivity contribution >= 4 is 24.2 Å². The summed E-state index contributed by atoms with van der Waals surface area (Å²) in [7, 11) is 1.45. The number of carbonyl (C=O) groups excluding carboxylic acids is 2. The lowest BCUT2D eigenvalue weighted by Gasteiger charge is -2.59. The molecule has 2 fully saturated rings. The third-order valence-electron chi connectivity index (χ3n) is 6.06. The van der Waals surface area contributed by atoms with Crippen molar-refractivity contribution in [1.82, 2.24) is 20.4 Å². The topological polar surface area (TPSA) is 108 Å². The third-order valence-corrected chi connectivity index (χ3v) is 6.06. The van der Waals surface area contributed by atoms with Gasteiger partial charge in [-0.1, -0.05) is 0 Å². The Hall–Kier alpha value is -1.64. The van der Waals surface area contributed by atoms with Crippen LogP contribution in [0, 0.1) is 11.3 Å². The molecule has 1 aromatic rings. The standard InChI is InChI=1S/C18H26N4O4.ClH/c1-26-8-15(23)16(24)20-13-5-18(6-13)9-22(10-18)17(25)11-2-3-14-12(4-11)7-19-21-14;/h7,11,13,15,23H,2-6,8-10H2,1H3,(H,19,21)(H,20,24);1H. The van der Waals surface area contributed by atoms with E-state index in [4.69, 9.17) is 4.74 Å². The second-order valence-electron chi connectivity index (χ2n) is 8.09. The van der Waals surface area contributed by atoms with Crippen molar-refractivity contribution in [3.05, 3.63) is 17.5 Å². The van der Waals surface area contributed by atoms with E-state index in [9.17, 15) is 14.7 Å². The van der Waals surface area contributed by atoms with Crippen LogP contribution in [-0.4, -0.2) is 71.0 Å². The first-order valence-corrected chi connectivity index (χ1v) is 9.27. The first kappa shape index (κ1) is 20.1. The normalized spacial score (nSPS) is 24.2. The number of aliphatic hydroxyl groups is 1. The minimum atomic E-state index is -1.12. The molecule has 3 aliphatic rings. The van der Waals surface area contributed by atoms with E-state index in [1.807, 2.05) is 11.1 Å². The summed E-state index contributed by atoms with van der Waals surface area (Å²) in [5.41, 5.74) is 2.50. The van der Waals surface area contributed by atoms with Crippen LogP contribution < -0.4 is 5.32 Å². The molecule has 2 heterocycles. The van der Waals surface area contributed by atoms with E-state index in [1.54, 1.807) is 0 Å². The molecule has 2 aliphatic carbocycles. The van der Waals surface area contributed by atoms with Crippen molar-refractivity contribution in [3.63, 3.8) is 0 Å². The number of rotatable bonds is 5. The van der Waals surface area contributed by atoms with Crippen LogP contribution in [-0.2, 0) is 27.2 Å². The molecule has 27 heavy (non-hydrogen) atoms. The lowest BCUT2D eigenvalue weighted by atomic mass is 9.60. The van der Waals surface area contributed by atoms with E-state index in [0.717, 1.165) is 45.2 Å². The number of likely N-dealkylation sites (tertiary alicyclic amines) is 1. The Labute approximate surface area is 164 Å². The molecule has 2 unspecified atom stereocenters. The van der Waals surface area contributed by atoms with Gasteiger partial charge < -0.3 is 20.1 Å². The molecular formula is C18H27ClN4O4. The fraction of sp³-hybridized carbons (Fsp3) is 0.722. The largest absolute Gasteiger partial charge is 0.381 e. The number of aryl methyl sites for hydroxylation is 1. The van der Waals surface area contributed by atoms with Gasteiger partial charge in [-0.05, 0) is 37.7 Å². The molecule has 2 amide bonds. The Morgan fingerprint density at radius 1 is 1.48 bits per heavy atom. The van der Waals surface area contributed by atoms with E-state index in [0.29, 0.717) is 0 Å². The van der Waals surface area contributed by atoms with Crippen LogP contribution in [0.5, 0.6) is 0 Å². The number of H-pyrrole nitrogens is 1. The van der Waals surface area contributed by atoms with Crippen LogP contribution in [0.4, 0.5) is 0 Å². The number of hydrogen-bond donors (Lipinski definition) is 3. The fourth-order valence-electron chi connectivity index (χ4n) is 4.68. The monoisotopic (exact) mass is 398 g/mol. The maximum atomic E-state index is 12.7. The number of ether oxygens (including phenoxy) is 1. The minimum absolute atomic E-state index is 0. The highest BCUT2D eigenvalue weighted by atomic mass is 35.5. The fourth-order valence-corrected chi connectivity index (χ4v) is 4.68. The molecule has 4 rings (SSSR count). The summed E-state index contributed by atoms with van der Waals surface area (Å²) >= 11 is 0. The molecule has 0 aromatic carbocycles. The van der Waals surface area contributed by atoms with Gasteiger partial charge in [-0.15, -0.1) is 12.4 Å². The number of nitrogens with zero attached hydrogens (tertiary/aromatic N) is 2. The summed E-state index contributed by atoms with van der Waals surface area (Å²) in [6.07, 6.45) is 5.02. The van der Waals surface area contributed by atoms with Crippen LogP contribution in [0.15, 0.2) is 6.20 Å². The van der Waals surface area contributed by atoms with Crippen molar-refractivity contribution in [3.8, 4) is 0 Å².